The number of carbonyl (C=O) groups is 1. The van der Waals surface area contributed by atoms with Gasteiger partial charge < -0.3 is 16.4 Å². The Balaban J connectivity index is 2.37. The third-order valence-corrected chi connectivity index (χ3v) is 6.05. The average molecular weight is 331 g/mol. The standard InChI is InChI=1S/C13H21N3O3S2/c1-4-15-11(17)9-8(14)10(21(3,18)19)12(20-9)16-7-13(2)5-6-13/h16H,4-7,14H2,1-3H3,(H,15,17). The highest BCUT2D eigenvalue weighted by Gasteiger charge is 2.37. The Labute approximate surface area is 129 Å². The number of hydrogen-bond donors (Lipinski definition) is 3. The number of nitrogens with two attached hydrogens (primary N) is 1. The van der Waals surface area contributed by atoms with Gasteiger partial charge in [0.15, 0.2) is 9.84 Å². The van der Waals surface area contributed by atoms with Crippen molar-refractivity contribution in [2.75, 3.05) is 30.4 Å². The molecule has 1 aromatic heterocycles. The molecule has 1 amide bonds. The van der Waals surface area contributed by atoms with E-state index in [-0.39, 0.29) is 26.8 Å². The van der Waals surface area contributed by atoms with Crippen molar-refractivity contribution >= 4 is 37.8 Å². The lowest BCUT2D eigenvalue weighted by molar-refractivity contribution is 0.0960. The molecule has 6 nitrogen and oxygen atoms in total. The van der Waals surface area contributed by atoms with Crippen molar-refractivity contribution in [2.45, 2.75) is 31.6 Å². The fraction of sp³-hybridized carbons (Fsp3) is 0.615. The molecule has 0 aromatic carbocycles. The molecule has 0 spiro atoms. The minimum Gasteiger partial charge on any atom is -0.396 e. The summed E-state index contributed by atoms with van der Waals surface area (Å²) in [6.07, 6.45) is 3.35. The van der Waals surface area contributed by atoms with Crippen LogP contribution in [-0.2, 0) is 9.84 Å². The van der Waals surface area contributed by atoms with Crippen LogP contribution in [0.4, 0.5) is 10.7 Å². The predicted molar refractivity (Wildman–Crippen MR) is 85.7 cm³/mol. The zero-order valence-corrected chi connectivity index (χ0v) is 14.1. The molecule has 8 heteroatoms. The second-order valence-electron chi connectivity index (χ2n) is 5.80. The first-order chi connectivity index (χ1) is 9.68. The molecule has 0 bridgehead atoms. The summed E-state index contributed by atoms with van der Waals surface area (Å²) in [6.45, 7) is 5.09. The molecule has 21 heavy (non-hydrogen) atoms. The summed E-state index contributed by atoms with van der Waals surface area (Å²) in [6, 6.07) is 0. The average Bonchev–Trinajstić information content (AvgIpc) is 2.98. The van der Waals surface area contributed by atoms with Gasteiger partial charge in [-0.05, 0) is 25.2 Å². The number of rotatable bonds is 6. The van der Waals surface area contributed by atoms with Crippen LogP contribution in [0.15, 0.2) is 4.90 Å². The molecule has 1 fully saturated rings. The van der Waals surface area contributed by atoms with Gasteiger partial charge in [-0.25, -0.2) is 8.42 Å². The lowest BCUT2D eigenvalue weighted by atomic mass is 10.1. The Bertz CT molecular complexity index is 660. The Kier molecular flexibility index (Phi) is 4.21. The number of hydrogen-bond acceptors (Lipinski definition) is 6. The van der Waals surface area contributed by atoms with Crippen molar-refractivity contribution in [2.24, 2.45) is 5.41 Å². The van der Waals surface area contributed by atoms with Crippen LogP contribution in [0.1, 0.15) is 36.4 Å². The molecule has 0 unspecified atom stereocenters. The minimum absolute atomic E-state index is 0.0388. The van der Waals surface area contributed by atoms with E-state index in [2.05, 4.69) is 17.6 Å². The molecule has 0 atom stereocenters. The summed E-state index contributed by atoms with van der Waals surface area (Å²) in [5.74, 6) is -0.337. The van der Waals surface area contributed by atoms with Gasteiger partial charge in [0.2, 0.25) is 0 Å². The van der Waals surface area contributed by atoms with Gasteiger partial charge in [-0.1, -0.05) is 6.92 Å². The highest BCUT2D eigenvalue weighted by molar-refractivity contribution is 7.91. The first kappa shape index (κ1) is 16.1. The SMILES string of the molecule is CCNC(=O)c1sc(NCC2(C)CC2)c(S(C)(=O)=O)c1N. The van der Waals surface area contributed by atoms with E-state index in [9.17, 15) is 13.2 Å². The maximum Gasteiger partial charge on any atom is 0.263 e. The third kappa shape index (κ3) is 3.49. The van der Waals surface area contributed by atoms with Crippen molar-refractivity contribution < 1.29 is 13.2 Å². The van der Waals surface area contributed by atoms with Gasteiger partial charge in [-0.3, -0.25) is 4.79 Å². The summed E-state index contributed by atoms with van der Waals surface area (Å²) in [5.41, 5.74) is 6.17. The van der Waals surface area contributed by atoms with Crippen molar-refractivity contribution in [3.05, 3.63) is 4.88 Å². The third-order valence-electron chi connectivity index (χ3n) is 3.59. The van der Waals surface area contributed by atoms with Gasteiger partial charge in [-0.2, -0.15) is 0 Å². The lowest BCUT2D eigenvalue weighted by Gasteiger charge is -2.11. The van der Waals surface area contributed by atoms with E-state index in [1.165, 1.54) is 0 Å². The van der Waals surface area contributed by atoms with Crippen molar-refractivity contribution in [3.8, 4) is 0 Å². The largest absolute Gasteiger partial charge is 0.396 e. The Morgan fingerprint density at radius 3 is 2.52 bits per heavy atom. The molecule has 0 aliphatic heterocycles. The number of carbonyl (C=O) groups excluding carboxylic acids is 1. The van der Waals surface area contributed by atoms with Crippen LogP contribution >= 0.6 is 11.3 Å². The van der Waals surface area contributed by atoms with Crippen molar-refractivity contribution in [3.63, 3.8) is 0 Å². The molecule has 1 heterocycles. The highest BCUT2D eigenvalue weighted by Crippen LogP contribution is 2.46. The first-order valence-corrected chi connectivity index (χ1v) is 9.53. The molecule has 1 saturated carbocycles. The highest BCUT2D eigenvalue weighted by atomic mass is 32.2. The lowest BCUT2D eigenvalue weighted by Crippen LogP contribution is -2.22. The maximum absolute atomic E-state index is 12.0. The summed E-state index contributed by atoms with van der Waals surface area (Å²) in [7, 11) is -3.50. The van der Waals surface area contributed by atoms with Crippen LogP contribution in [0.2, 0.25) is 0 Å². The quantitative estimate of drug-likeness (QED) is 0.736. The van der Waals surface area contributed by atoms with E-state index in [0.29, 0.717) is 18.1 Å². The zero-order chi connectivity index (χ0) is 15.8. The Hall–Kier alpha value is -1.28. The second-order valence-corrected chi connectivity index (χ2v) is 8.77. The van der Waals surface area contributed by atoms with Gasteiger partial charge >= 0.3 is 0 Å². The summed E-state index contributed by atoms with van der Waals surface area (Å²) < 4.78 is 23.9. The number of anilines is 2. The van der Waals surface area contributed by atoms with E-state index >= 15 is 0 Å². The topological polar surface area (TPSA) is 101 Å². The zero-order valence-electron chi connectivity index (χ0n) is 12.4. The molecular weight excluding hydrogens is 310 g/mol. The molecule has 2 rings (SSSR count). The number of amides is 1. The molecular formula is C13H21N3O3S2. The summed E-state index contributed by atoms with van der Waals surface area (Å²) >= 11 is 1.10. The minimum atomic E-state index is -3.50. The Morgan fingerprint density at radius 2 is 2.05 bits per heavy atom. The molecule has 118 valence electrons. The predicted octanol–water partition coefficient (Wildman–Crippen LogP) is 1.70. The fourth-order valence-corrected chi connectivity index (χ4v) is 4.49. The Morgan fingerprint density at radius 1 is 1.43 bits per heavy atom. The normalized spacial score (nSPS) is 16.5. The van der Waals surface area contributed by atoms with Crippen molar-refractivity contribution in [1.29, 1.82) is 0 Å². The summed E-state index contributed by atoms with van der Waals surface area (Å²) in [4.78, 5) is 12.3. The second kappa shape index (κ2) is 5.49. The smallest absolute Gasteiger partial charge is 0.263 e. The molecule has 1 aliphatic carbocycles. The first-order valence-electron chi connectivity index (χ1n) is 6.82. The molecule has 1 aliphatic rings. The summed E-state index contributed by atoms with van der Waals surface area (Å²) in [5, 5.41) is 6.27. The fourth-order valence-electron chi connectivity index (χ4n) is 2.01. The van der Waals surface area contributed by atoms with E-state index in [0.717, 1.165) is 30.4 Å². The van der Waals surface area contributed by atoms with Gasteiger partial charge in [-0.15, -0.1) is 11.3 Å². The van der Waals surface area contributed by atoms with Crippen LogP contribution in [0, 0.1) is 5.41 Å². The van der Waals surface area contributed by atoms with E-state index in [1.807, 2.05) is 0 Å². The van der Waals surface area contributed by atoms with Crippen molar-refractivity contribution in [1.82, 2.24) is 5.32 Å². The van der Waals surface area contributed by atoms with Gasteiger partial charge in [0.25, 0.3) is 5.91 Å². The molecule has 4 N–H and O–H groups in total. The molecule has 0 saturated heterocycles. The number of nitrogen functional groups attached to an aromatic ring is 1. The van der Waals surface area contributed by atoms with E-state index < -0.39 is 9.84 Å². The number of nitrogens with one attached hydrogen (secondary N) is 2. The van der Waals surface area contributed by atoms with Gasteiger partial charge in [0.1, 0.15) is 14.8 Å². The van der Waals surface area contributed by atoms with Crippen LogP contribution in [0.3, 0.4) is 0 Å². The van der Waals surface area contributed by atoms with Crippen LogP contribution < -0.4 is 16.4 Å². The van der Waals surface area contributed by atoms with Crippen LogP contribution in [0.25, 0.3) is 0 Å². The number of sulfone groups is 1. The van der Waals surface area contributed by atoms with Crippen LogP contribution in [-0.4, -0.2) is 33.7 Å². The maximum atomic E-state index is 12.0. The van der Waals surface area contributed by atoms with E-state index in [4.69, 9.17) is 5.73 Å². The number of thiophene rings is 1. The molecule has 1 aromatic rings. The monoisotopic (exact) mass is 331 g/mol. The van der Waals surface area contributed by atoms with Crippen LogP contribution in [0.5, 0.6) is 0 Å². The molecule has 0 radical (unpaired) electrons. The van der Waals surface area contributed by atoms with Gasteiger partial charge in [0.05, 0.1) is 5.69 Å². The van der Waals surface area contributed by atoms with E-state index in [1.54, 1.807) is 6.92 Å². The van der Waals surface area contributed by atoms with Gasteiger partial charge in [0, 0.05) is 19.3 Å².